The normalized spacial score (nSPS) is 13.4. The summed E-state index contributed by atoms with van der Waals surface area (Å²) in [6.45, 7) is 1.27. The second-order valence-corrected chi connectivity index (χ2v) is 7.97. The average molecular weight is 382 g/mol. The lowest BCUT2D eigenvalue weighted by atomic mass is 10.1. The van der Waals surface area contributed by atoms with Crippen molar-refractivity contribution < 1.29 is 22.7 Å². The third-order valence-corrected chi connectivity index (χ3v) is 5.23. The molecule has 2 aromatic carbocycles. The number of nitrogens with one attached hydrogen (secondary N) is 1. The van der Waals surface area contributed by atoms with Gasteiger partial charge in [-0.05, 0) is 35.9 Å². The van der Waals surface area contributed by atoms with Crippen molar-refractivity contribution in [2.45, 2.75) is 11.4 Å². The molecule has 0 saturated carbocycles. The van der Waals surface area contributed by atoms with Crippen LogP contribution in [0.15, 0.2) is 41.3 Å². The number of carbonyl (C=O) groups excluding carboxylic acids is 1. The zero-order chi connectivity index (χ0) is 18.0. The van der Waals surface area contributed by atoms with Crippen molar-refractivity contribution in [2.24, 2.45) is 0 Å². The Morgan fingerprint density at radius 3 is 2.56 bits per heavy atom. The highest BCUT2D eigenvalue weighted by Crippen LogP contribution is 2.30. The van der Waals surface area contributed by atoms with E-state index in [0.29, 0.717) is 24.7 Å². The van der Waals surface area contributed by atoms with Crippen molar-refractivity contribution in [3.05, 3.63) is 52.5 Å². The maximum atomic E-state index is 12.3. The van der Waals surface area contributed by atoms with Crippen LogP contribution < -0.4 is 14.8 Å². The van der Waals surface area contributed by atoms with Crippen LogP contribution in [0.3, 0.4) is 0 Å². The first kappa shape index (κ1) is 17.6. The van der Waals surface area contributed by atoms with Gasteiger partial charge in [-0.1, -0.05) is 17.7 Å². The van der Waals surface area contributed by atoms with Gasteiger partial charge in [0.05, 0.1) is 9.92 Å². The molecular weight excluding hydrogens is 366 g/mol. The Balaban J connectivity index is 1.73. The van der Waals surface area contributed by atoms with E-state index in [9.17, 15) is 13.2 Å². The van der Waals surface area contributed by atoms with Crippen LogP contribution in [0, 0.1) is 0 Å². The van der Waals surface area contributed by atoms with Crippen LogP contribution in [0.2, 0.25) is 5.02 Å². The van der Waals surface area contributed by atoms with E-state index in [-0.39, 0.29) is 22.0 Å². The summed E-state index contributed by atoms with van der Waals surface area (Å²) in [6, 6.07) is 9.58. The van der Waals surface area contributed by atoms with E-state index in [1.807, 2.05) is 6.07 Å². The standard InChI is InChI=1S/C17H16ClNO5S/c1-25(21,22)16-9-12(3-4-13(16)18)17(20)19-10-11-2-5-14-15(8-11)24-7-6-23-14/h2-5,8-9H,6-7,10H2,1H3,(H,19,20). The third-order valence-electron chi connectivity index (χ3n) is 3.65. The molecule has 1 heterocycles. The predicted octanol–water partition coefficient (Wildman–Crippen LogP) is 2.44. The number of benzene rings is 2. The van der Waals surface area contributed by atoms with Crippen molar-refractivity contribution in [2.75, 3.05) is 19.5 Å². The molecule has 1 aliphatic rings. The summed E-state index contributed by atoms with van der Waals surface area (Å²) in [4.78, 5) is 12.2. The van der Waals surface area contributed by atoms with E-state index >= 15 is 0 Å². The highest BCUT2D eigenvalue weighted by atomic mass is 35.5. The minimum atomic E-state index is -3.51. The number of hydrogen-bond donors (Lipinski definition) is 1. The monoisotopic (exact) mass is 381 g/mol. The zero-order valence-corrected chi connectivity index (χ0v) is 15.0. The minimum absolute atomic E-state index is 0.0684. The van der Waals surface area contributed by atoms with E-state index in [4.69, 9.17) is 21.1 Å². The lowest BCUT2D eigenvalue weighted by molar-refractivity contribution is 0.0950. The van der Waals surface area contributed by atoms with Crippen LogP contribution in [0.5, 0.6) is 11.5 Å². The van der Waals surface area contributed by atoms with Gasteiger partial charge in [0.15, 0.2) is 21.3 Å². The first-order valence-corrected chi connectivity index (χ1v) is 9.78. The van der Waals surface area contributed by atoms with E-state index in [2.05, 4.69) is 5.32 Å². The third kappa shape index (κ3) is 4.05. The molecule has 0 atom stereocenters. The highest BCUT2D eigenvalue weighted by molar-refractivity contribution is 7.90. The fraction of sp³-hybridized carbons (Fsp3) is 0.235. The summed E-state index contributed by atoms with van der Waals surface area (Å²) in [7, 11) is -3.51. The van der Waals surface area contributed by atoms with Crippen molar-refractivity contribution in [1.82, 2.24) is 5.32 Å². The number of halogens is 1. The van der Waals surface area contributed by atoms with Crippen LogP contribution in [0.1, 0.15) is 15.9 Å². The van der Waals surface area contributed by atoms with Gasteiger partial charge in [-0.15, -0.1) is 0 Å². The van der Waals surface area contributed by atoms with Crippen LogP contribution in [-0.4, -0.2) is 33.8 Å². The summed E-state index contributed by atoms with van der Waals surface area (Å²) >= 11 is 5.89. The summed E-state index contributed by atoms with van der Waals surface area (Å²) in [5.74, 6) is 0.928. The predicted molar refractivity (Wildman–Crippen MR) is 93.2 cm³/mol. The Morgan fingerprint density at radius 2 is 1.84 bits per heavy atom. The second-order valence-electron chi connectivity index (χ2n) is 5.58. The first-order valence-electron chi connectivity index (χ1n) is 7.51. The summed E-state index contributed by atoms with van der Waals surface area (Å²) < 4.78 is 34.4. The number of hydrogen-bond acceptors (Lipinski definition) is 5. The molecule has 1 N–H and O–H groups in total. The van der Waals surface area contributed by atoms with Crippen molar-refractivity contribution in [3.8, 4) is 11.5 Å². The molecule has 1 aliphatic heterocycles. The number of amides is 1. The molecule has 0 saturated heterocycles. The molecule has 2 aromatic rings. The lowest BCUT2D eigenvalue weighted by Crippen LogP contribution is -2.23. The topological polar surface area (TPSA) is 81.7 Å². The van der Waals surface area contributed by atoms with Crippen molar-refractivity contribution in [1.29, 1.82) is 0 Å². The summed E-state index contributed by atoms with van der Waals surface area (Å²) in [5.41, 5.74) is 1.07. The van der Waals surface area contributed by atoms with Gasteiger partial charge in [-0.3, -0.25) is 4.79 Å². The molecule has 0 radical (unpaired) electrons. The van der Waals surface area contributed by atoms with E-state index < -0.39 is 15.7 Å². The van der Waals surface area contributed by atoms with Gasteiger partial charge in [0.25, 0.3) is 5.91 Å². The molecule has 8 heteroatoms. The number of sulfone groups is 1. The molecule has 3 rings (SSSR count). The number of ether oxygens (including phenoxy) is 2. The molecule has 0 unspecified atom stereocenters. The Morgan fingerprint density at radius 1 is 1.12 bits per heavy atom. The Bertz CT molecular complexity index is 927. The van der Waals surface area contributed by atoms with Crippen molar-refractivity contribution in [3.63, 3.8) is 0 Å². The van der Waals surface area contributed by atoms with Gasteiger partial charge in [-0.2, -0.15) is 0 Å². The minimum Gasteiger partial charge on any atom is -0.486 e. The maximum Gasteiger partial charge on any atom is 0.251 e. The molecular formula is C17H16ClNO5S. The summed E-state index contributed by atoms with van der Waals surface area (Å²) in [5, 5.41) is 2.84. The average Bonchev–Trinajstić information content (AvgIpc) is 2.59. The second kappa shape index (κ2) is 6.93. The molecule has 0 aromatic heterocycles. The molecule has 0 fully saturated rings. The van der Waals surface area contributed by atoms with Crippen molar-refractivity contribution >= 4 is 27.3 Å². The van der Waals surface area contributed by atoms with Gasteiger partial charge >= 0.3 is 0 Å². The Hall–Kier alpha value is -2.25. The molecule has 132 valence electrons. The first-order chi connectivity index (χ1) is 11.8. The van der Waals surface area contributed by atoms with Crippen LogP contribution in [-0.2, 0) is 16.4 Å². The van der Waals surface area contributed by atoms with Crippen LogP contribution >= 0.6 is 11.6 Å². The van der Waals surface area contributed by atoms with E-state index in [1.165, 1.54) is 18.2 Å². The number of fused-ring (bicyclic) bond motifs is 1. The molecule has 0 bridgehead atoms. The molecule has 1 amide bonds. The fourth-order valence-electron chi connectivity index (χ4n) is 2.41. The van der Waals surface area contributed by atoms with Gasteiger partial charge < -0.3 is 14.8 Å². The molecule has 0 spiro atoms. The maximum absolute atomic E-state index is 12.3. The molecule has 0 aliphatic carbocycles. The fourth-order valence-corrected chi connectivity index (χ4v) is 3.71. The van der Waals surface area contributed by atoms with E-state index in [0.717, 1.165) is 11.8 Å². The Kier molecular flexibility index (Phi) is 4.87. The van der Waals surface area contributed by atoms with Gasteiger partial charge in [0, 0.05) is 18.4 Å². The van der Waals surface area contributed by atoms with Gasteiger partial charge in [0.2, 0.25) is 0 Å². The molecule has 25 heavy (non-hydrogen) atoms. The highest BCUT2D eigenvalue weighted by Gasteiger charge is 2.16. The number of carbonyl (C=O) groups is 1. The SMILES string of the molecule is CS(=O)(=O)c1cc(C(=O)NCc2ccc3c(c2)OCCO3)ccc1Cl. The zero-order valence-electron chi connectivity index (χ0n) is 13.4. The quantitative estimate of drug-likeness (QED) is 0.879. The smallest absolute Gasteiger partial charge is 0.251 e. The van der Waals surface area contributed by atoms with Gasteiger partial charge in [0.1, 0.15) is 13.2 Å². The molecule has 6 nitrogen and oxygen atoms in total. The van der Waals surface area contributed by atoms with E-state index in [1.54, 1.807) is 12.1 Å². The van der Waals surface area contributed by atoms with Gasteiger partial charge in [-0.25, -0.2) is 8.42 Å². The summed E-state index contributed by atoms with van der Waals surface area (Å²) in [6.07, 6.45) is 1.05. The van der Waals surface area contributed by atoms with Crippen LogP contribution in [0.25, 0.3) is 0 Å². The lowest BCUT2D eigenvalue weighted by Gasteiger charge is -2.19. The Labute approximate surface area is 150 Å². The van der Waals surface area contributed by atoms with Crippen LogP contribution in [0.4, 0.5) is 0 Å². The number of rotatable bonds is 4. The largest absolute Gasteiger partial charge is 0.486 e.